The summed E-state index contributed by atoms with van der Waals surface area (Å²) in [5, 5.41) is 13.7. The van der Waals surface area contributed by atoms with Gasteiger partial charge in [0.25, 0.3) is 0 Å². The molecule has 0 radical (unpaired) electrons. The molecule has 14 heavy (non-hydrogen) atoms. The number of rotatable bonds is 1. The molecule has 1 N–H and O–H groups in total. The average Bonchev–Trinajstić information content (AvgIpc) is 2.46. The van der Waals surface area contributed by atoms with Gasteiger partial charge < -0.3 is 5.11 Å². The first-order valence-corrected chi connectivity index (χ1v) is 8.08. The summed E-state index contributed by atoms with van der Waals surface area (Å²) in [6.45, 7) is 6.45. The molecular formula is C10H16N2OSi. The predicted molar refractivity (Wildman–Crippen MR) is 59.3 cm³/mol. The average molecular weight is 208 g/mol. The number of aliphatic hydroxyl groups is 1. The molecule has 0 aliphatic carbocycles. The molecule has 1 unspecified atom stereocenters. The monoisotopic (exact) mass is 208 g/mol. The molecule has 1 aromatic rings. The molecule has 0 fully saturated rings. The van der Waals surface area contributed by atoms with Crippen molar-refractivity contribution in [3.8, 4) is 11.5 Å². The van der Waals surface area contributed by atoms with E-state index in [0.29, 0.717) is 0 Å². The molecule has 3 nitrogen and oxygen atoms in total. The van der Waals surface area contributed by atoms with Crippen molar-refractivity contribution < 1.29 is 5.11 Å². The Bertz CT molecular complexity index is 367. The lowest BCUT2D eigenvalue weighted by Gasteiger charge is -2.05. The minimum absolute atomic E-state index is 0.699. The van der Waals surface area contributed by atoms with Crippen LogP contribution in [-0.4, -0.2) is 23.0 Å². The Morgan fingerprint density at radius 3 is 2.57 bits per heavy atom. The van der Waals surface area contributed by atoms with E-state index in [0.717, 1.165) is 5.56 Å². The Hall–Kier alpha value is -1.05. The Morgan fingerprint density at radius 1 is 1.50 bits per heavy atom. The predicted octanol–water partition coefficient (Wildman–Crippen LogP) is 1.33. The van der Waals surface area contributed by atoms with E-state index >= 15 is 0 Å². The van der Waals surface area contributed by atoms with Crippen LogP contribution in [0.4, 0.5) is 0 Å². The minimum Gasteiger partial charge on any atom is -0.376 e. The van der Waals surface area contributed by atoms with Crippen LogP contribution < -0.4 is 0 Å². The van der Waals surface area contributed by atoms with Crippen LogP contribution in [0.25, 0.3) is 0 Å². The second-order valence-corrected chi connectivity index (χ2v) is 9.12. The largest absolute Gasteiger partial charge is 0.376 e. The lowest BCUT2D eigenvalue weighted by molar-refractivity contribution is 0.238. The van der Waals surface area contributed by atoms with Gasteiger partial charge in [0.05, 0.1) is 6.20 Å². The van der Waals surface area contributed by atoms with E-state index in [1.807, 2.05) is 7.05 Å². The van der Waals surface area contributed by atoms with Crippen molar-refractivity contribution in [2.75, 3.05) is 0 Å². The second kappa shape index (κ2) is 3.99. The van der Waals surface area contributed by atoms with Gasteiger partial charge >= 0.3 is 0 Å². The number of aryl methyl sites for hydroxylation is 1. The van der Waals surface area contributed by atoms with E-state index in [-0.39, 0.29) is 0 Å². The van der Waals surface area contributed by atoms with Crippen LogP contribution in [0.2, 0.25) is 19.6 Å². The highest BCUT2D eigenvalue weighted by Gasteiger charge is 2.10. The van der Waals surface area contributed by atoms with Crippen LogP contribution in [-0.2, 0) is 7.05 Å². The van der Waals surface area contributed by atoms with Gasteiger partial charge in [-0.2, -0.15) is 5.10 Å². The van der Waals surface area contributed by atoms with Crippen LogP contribution >= 0.6 is 0 Å². The lowest BCUT2D eigenvalue weighted by Crippen LogP contribution is -2.16. The Balaban J connectivity index is 2.75. The van der Waals surface area contributed by atoms with Gasteiger partial charge in [0.2, 0.25) is 0 Å². The Labute approximate surface area is 85.8 Å². The fourth-order valence-corrected chi connectivity index (χ4v) is 1.52. The zero-order valence-electron chi connectivity index (χ0n) is 9.07. The summed E-state index contributed by atoms with van der Waals surface area (Å²) in [5.74, 6) is 2.87. The summed E-state index contributed by atoms with van der Waals surface area (Å²) in [6.07, 6.45) is 2.73. The fraction of sp³-hybridized carbons (Fsp3) is 0.500. The maximum Gasteiger partial charge on any atom is 0.142 e. The van der Waals surface area contributed by atoms with Crippen LogP contribution in [0.15, 0.2) is 12.4 Å². The number of hydrogen-bond acceptors (Lipinski definition) is 2. The van der Waals surface area contributed by atoms with Crippen molar-refractivity contribution in [1.82, 2.24) is 9.78 Å². The Kier molecular flexibility index (Phi) is 3.14. The van der Waals surface area contributed by atoms with Gasteiger partial charge in [-0.1, -0.05) is 25.6 Å². The van der Waals surface area contributed by atoms with Gasteiger partial charge in [-0.05, 0) is 0 Å². The summed E-state index contributed by atoms with van der Waals surface area (Å²) >= 11 is 0. The SMILES string of the molecule is Cn1cc(C(O)C#C[Si](C)(C)C)cn1. The highest BCUT2D eigenvalue weighted by atomic mass is 28.3. The normalized spacial score (nSPS) is 13.2. The van der Waals surface area contributed by atoms with Crippen LogP contribution in [0.3, 0.4) is 0 Å². The number of aromatic nitrogens is 2. The highest BCUT2D eigenvalue weighted by Crippen LogP contribution is 2.10. The van der Waals surface area contributed by atoms with Gasteiger partial charge in [0, 0.05) is 18.8 Å². The molecule has 0 aromatic carbocycles. The summed E-state index contributed by atoms with van der Waals surface area (Å²) in [5.41, 5.74) is 3.89. The molecule has 0 saturated carbocycles. The van der Waals surface area contributed by atoms with Gasteiger partial charge in [0.15, 0.2) is 0 Å². The number of nitrogens with zero attached hydrogens (tertiary/aromatic N) is 2. The van der Waals surface area contributed by atoms with Crippen molar-refractivity contribution in [2.45, 2.75) is 25.7 Å². The summed E-state index contributed by atoms with van der Waals surface area (Å²) < 4.78 is 1.66. The topological polar surface area (TPSA) is 38.0 Å². The lowest BCUT2D eigenvalue weighted by atomic mass is 10.2. The molecule has 1 aromatic heterocycles. The maximum absolute atomic E-state index is 9.69. The van der Waals surface area contributed by atoms with E-state index < -0.39 is 14.2 Å². The van der Waals surface area contributed by atoms with E-state index in [4.69, 9.17) is 0 Å². The third-order valence-electron chi connectivity index (χ3n) is 1.62. The summed E-state index contributed by atoms with van der Waals surface area (Å²) in [4.78, 5) is 0. The smallest absolute Gasteiger partial charge is 0.142 e. The molecule has 0 spiro atoms. The number of aliphatic hydroxyl groups excluding tert-OH is 1. The molecule has 1 atom stereocenters. The molecule has 1 rings (SSSR count). The van der Waals surface area contributed by atoms with Gasteiger partial charge in [-0.25, -0.2) is 0 Å². The standard InChI is InChI=1S/C10H16N2OSi/c1-12-8-9(7-11-12)10(13)5-6-14(2,3)4/h7-8,10,13H,1-4H3. The van der Waals surface area contributed by atoms with Crippen LogP contribution in [0.1, 0.15) is 11.7 Å². The quantitative estimate of drug-likeness (QED) is 0.558. The van der Waals surface area contributed by atoms with Crippen molar-refractivity contribution in [2.24, 2.45) is 7.05 Å². The van der Waals surface area contributed by atoms with Crippen molar-refractivity contribution >= 4 is 8.07 Å². The third-order valence-corrected chi connectivity index (χ3v) is 2.52. The maximum atomic E-state index is 9.69. The van der Waals surface area contributed by atoms with E-state index in [9.17, 15) is 5.11 Å². The molecule has 4 heteroatoms. The van der Waals surface area contributed by atoms with E-state index in [2.05, 4.69) is 36.2 Å². The van der Waals surface area contributed by atoms with E-state index in [1.165, 1.54) is 0 Å². The molecule has 0 aliphatic heterocycles. The molecule has 0 saturated heterocycles. The van der Waals surface area contributed by atoms with Gasteiger partial charge in [-0.3, -0.25) is 4.68 Å². The Morgan fingerprint density at radius 2 is 2.14 bits per heavy atom. The molecular weight excluding hydrogens is 192 g/mol. The van der Waals surface area contributed by atoms with Crippen molar-refractivity contribution in [3.05, 3.63) is 18.0 Å². The second-order valence-electron chi connectivity index (χ2n) is 4.37. The first-order valence-electron chi connectivity index (χ1n) is 4.58. The van der Waals surface area contributed by atoms with Gasteiger partial charge in [0.1, 0.15) is 14.2 Å². The summed E-state index contributed by atoms with van der Waals surface area (Å²) in [7, 11) is 0.427. The first-order chi connectivity index (χ1) is 6.38. The zero-order valence-corrected chi connectivity index (χ0v) is 10.1. The highest BCUT2D eigenvalue weighted by molar-refractivity contribution is 6.83. The number of hydrogen-bond donors (Lipinski definition) is 1. The summed E-state index contributed by atoms with van der Waals surface area (Å²) in [6, 6.07) is 0. The fourth-order valence-electron chi connectivity index (χ4n) is 0.950. The minimum atomic E-state index is -1.39. The van der Waals surface area contributed by atoms with Crippen molar-refractivity contribution in [3.63, 3.8) is 0 Å². The molecule has 1 heterocycles. The first kappa shape index (κ1) is 11.0. The van der Waals surface area contributed by atoms with Gasteiger partial charge in [-0.15, -0.1) is 5.54 Å². The third kappa shape index (κ3) is 3.36. The molecule has 0 amide bonds. The molecule has 0 aliphatic rings. The van der Waals surface area contributed by atoms with E-state index in [1.54, 1.807) is 17.1 Å². The van der Waals surface area contributed by atoms with Crippen molar-refractivity contribution in [1.29, 1.82) is 0 Å². The zero-order chi connectivity index (χ0) is 10.8. The van der Waals surface area contributed by atoms with Crippen LogP contribution in [0, 0.1) is 11.5 Å². The van der Waals surface area contributed by atoms with Crippen LogP contribution in [0.5, 0.6) is 0 Å². The molecule has 0 bridgehead atoms. The molecule has 76 valence electrons.